The van der Waals surface area contributed by atoms with E-state index in [0.29, 0.717) is 0 Å². The van der Waals surface area contributed by atoms with Gasteiger partial charge in [0.05, 0.1) is 13.2 Å². The van der Waals surface area contributed by atoms with E-state index < -0.39 is 0 Å². The molecule has 0 spiro atoms. The van der Waals surface area contributed by atoms with Crippen molar-refractivity contribution in [2.24, 2.45) is 0 Å². The quantitative estimate of drug-likeness (QED) is 0.700. The molecule has 1 heterocycles. The minimum absolute atomic E-state index is 0.721. The fourth-order valence-corrected chi connectivity index (χ4v) is 1.76. The van der Waals surface area contributed by atoms with Crippen LogP contribution in [0.1, 0.15) is 5.56 Å². The van der Waals surface area contributed by atoms with Crippen molar-refractivity contribution in [1.29, 1.82) is 0 Å². The van der Waals surface area contributed by atoms with E-state index in [2.05, 4.69) is 4.90 Å². The second kappa shape index (κ2) is 4.51. The highest BCUT2D eigenvalue weighted by Crippen LogP contribution is 2.17. The molecule has 0 amide bonds. The van der Waals surface area contributed by atoms with Crippen LogP contribution < -0.4 is 11.5 Å². The van der Waals surface area contributed by atoms with Crippen molar-refractivity contribution in [3.8, 4) is 0 Å². The molecule has 0 saturated carbocycles. The summed E-state index contributed by atoms with van der Waals surface area (Å²) in [6.45, 7) is 4.47. The van der Waals surface area contributed by atoms with Crippen molar-refractivity contribution >= 4 is 11.4 Å². The highest BCUT2D eigenvalue weighted by molar-refractivity contribution is 5.56. The first kappa shape index (κ1) is 10.3. The zero-order chi connectivity index (χ0) is 10.7. The maximum Gasteiger partial charge on any atom is 0.0594 e. The number of rotatable bonds is 2. The molecule has 1 aliphatic rings. The number of nitrogen functional groups attached to an aromatic ring is 2. The minimum atomic E-state index is 0.721. The van der Waals surface area contributed by atoms with Crippen LogP contribution in [0.15, 0.2) is 18.2 Å². The summed E-state index contributed by atoms with van der Waals surface area (Å²) < 4.78 is 5.29. The molecule has 4 nitrogen and oxygen atoms in total. The molecule has 1 aliphatic heterocycles. The smallest absolute Gasteiger partial charge is 0.0594 e. The molecule has 0 aliphatic carbocycles. The Morgan fingerprint density at radius 2 is 1.93 bits per heavy atom. The van der Waals surface area contributed by atoms with Crippen molar-refractivity contribution in [3.05, 3.63) is 23.8 Å². The molecule has 4 N–H and O–H groups in total. The van der Waals surface area contributed by atoms with Gasteiger partial charge >= 0.3 is 0 Å². The molecule has 1 fully saturated rings. The van der Waals surface area contributed by atoms with E-state index in [1.54, 1.807) is 0 Å². The number of ether oxygens (including phenoxy) is 1. The molecule has 15 heavy (non-hydrogen) atoms. The normalized spacial score (nSPS) is 17.9. The Hall–Kier alpha value is -1.26. The van der Waals surface area contributed by atoms with Crippen molar-refractivity contribution in [2.75, 3.05) is 37.8 Å². The van der Waals surface area contributed by atoms with E-state index in [1.807, 2.05) is 18.2 Å². The monoisotopic (exact) mass is 207 g/mol. The summed E-state index contributed by atoms with van der Waals surface area (Å²) in [6.07, 6.45) is 0. The first-order chi connectivity index (χ1) is 7.25. The van der Waals surface area contributed by atoms with Crippen LogP contribution in [-0.4, -0.2) is 31.2 Å². The SMILES string of the molecule is Nc1ccc(CN2CCOCC2)c(N)c1. The van der Waals surface area contributed by atoms with Gasteiger partial charge in [0.25, 0.3) is 0 Å². The lowest BCUT2D eigenvalue weighted by atomic mass is 10.1. The Kier molecular flexibility index (Phi) is 3.08. The lowest BCUT2D eigenvalue weighted by Gasteiger charge is -2.27. The predicted octanol–water partition coefficient (Wildman–Crippen LogP) is 0.683. The van der Waals surface area contributed by atoms with Crippen molar-refractivity contribution in [1.82, 2.24) is 4.90 Å². The predicted molar refractivity (Wildman–Crippen MR) is 61.4 cm³/mol. The zero-order valence-electron chi connectivity index (χ0n) is 8.78. The van der Waals surface area contributed by atoms with E-state index in [4.69, 9.17) is 16.2 Å². The molecule has 0 bridgehead atoms. The number of nitrogens with two attached hydrogens (primary N) is 2. The summed E-state index contributed by atoms with van der Waals surface area (Å²) in [5, 5.41) is 0. The minimum Gasteiger partial charge on any atom is -0.399 e. The Morgan fingerprint density at radius 1 is 1.20 bits per heavy atom. The molecule has 0 radical (unpaired) electrons. The van der Waals surface area contributed by atoms with Crippen molar-refractivity contribution in [2.45, 2.75) is 6.54 Å². The van der Waals surface area contributed by atoms with Gasteiger partial charge in [-0.2, -0.15) is 0 Å². The summed E-state index contributed by atoms with van der Waals surface area (Å²) in [7, 11) is 0. The Bertz CT molecular complexity index is 335. The fourth-order valence-electron chi connectivity index (χ4n) is 1.76. The van der Waals surface area contributed by atoms with Gasteiger partial charge < -0.3 is 16.2 Å². The Labute approximate surface area is 89.8 Å². The summed E-state index contributed by atoms with van der Waals surface area (Å²) in [4.78, 5) is 2.34. The van der Waals surface area contributed by atoms with Gasteiger partial charge in [-0.25, -0.2) is 0 Å². The van der Waals surface area contributed by atoms with Crippen LogP contribution in [0.2, 0.25) is 0 Å². The number of anilines is 2. The molecule has 0 aromatic heterocycles. The Balaban J connectivity index is 2.03. The highest BCUT2D eigenvalue weighted by atomic mass is 16.5. The third-order valence-corrected chi connectivity index (χ3v) is 2.67. The first-order valence-corrected chi connectivity index (χ1v) is 5.19. The average molecular weight is 207 g/mol. The standard InChI is InChI=1S/C11H17N3O/c12-10-2-1-9(11(13)7-10)8-14-3-5-15-6-4-14/h1-2,7H,3-6,8,12-13H2. The van der Waals surface area contributed by atoms with Gasteiger partial charge in [-0.1, -0.05) is 6.07 Å². The van der Waals surface area contributed by atoms with Gasteiger partial charge in [0, 0.05) is 31.0 Å². The molecule has 1 saturated heterocycles. The molecule has 1 aromatic rings. The topological polar surface area (TPSA) is 64.5 Å². The van der Waals surface area contributed by atoms with Gasteiger partial charge in [0.15, 0.2) is 0 Å². The maximum absolute atomic E-state index is 5.90. The molecule has 4 heteroatoms. The second-order valence-electron chi connectivity index (χ2n) is 3.85. The van der Waals surface area contributed by atoms with Gasteiger partial charge in [-0.05, 0) is 17.7 Å². The average Bonchev–Trinajstić information content (AvgIpc) is 2.24. The summed E-state index contributed by atoms with van der Waals surface area (Å²) in [5.41, 5.74) is 14.2. The van der Waals surface area contributed by atoms with Crippen LogP contribution in [0, 0.1) is 0 Å². The molecule has 82 valence electrons. The van der Waals surface area contributed by atoms with Crippen LogP contribution in [0.25, 0.3) is 0 Å². The molecule has 0 atom stereocenters. The maximum atomic E-state index is 5.90. The van der Waals surface area contributed by atoms with E-state index in [-0.39, 0.29) is 0 Å². The molecular formula is C11H17N3O. The van der Waals surface area contributed by atoms with E-state index in [0.717, 1.165) is 49.8 Å². The van der Waals surface area contributed by atoms with Crippen molar-refractivity contribution in [3.63, 3.8) is 0 Å². The van der Waals surface area contributed by atoms with E-state index in [1.165, 1.54) is 0 Å². The summed E-state index contributed by atoms with van der Waals surface area (Å²) in [6, 6.07) is 5.71. The van der Waals surface area contributed by atoms with Gasteiger partial charge in [-0.15, -0.1) is 0 Å². The van der Waals surface area contributed by atoms with Gasteiger partial charge in [0.1, 0.15) is 0 Å². The van der Waals surface area contributed by atoms with Gasteiger partial charge in [0.2, 0.25) is 0 Å². The number of morpholine rings is 1. The summed E-state index contributed by atoms with van der Waals surface area (Å²) in [5.74, 6) is 0. The third kappa shape index (κ3) is 2.61. The number of benzene rings is 1. The lowest BCUT2D eigenvalue weighted by Crippen LogP contribution is -2.35. The van der Waals surface area contributed by atoms with E-state index in [9.17, 15) is 0 Å². The fraction of sp³-hybridized carbons (Fsp3) is 0.455. The largest absolute Gasteiger partial charge is 0.399 e. The number of hydrogen-bond acceptors (Lipinski definition) is 4. The number of hydrogen-bond donors (Lipinski definition) is 2. The van der Waals surface area contributed by atoms with Crippen LogP contribution in [0.3, 0.4) is 0 Å². The first-order valence-electron chi connectivity index (χ1n) is 5.19. The third-order valence-electron chi connectivity index (χ3n) is 2.67. The van der Waals surface area contributed by atoms with Crippen molar-refractivity contribution < 1.29 is 4.74 Å². The van der Waals surface area contributed by atoms with E-state index >= 15 is 0 Å². The highest BCUT2D eigenvalue weighted by Gasteiger charge is 2.11. The van der Waals surface area contributed by atoms with Crippen LogP contribution >= 0.6 is 0 Å². The number of nitrogens with zero attached hydrogens (tertiary/aromatic N) is 1. The second-order valence-corrected chi connectivity index (χ2v) is 3.85. The van der Waals surface area contributed by atoms with Crippen LogP contribution in [0.4, 0.5) is 11.4 Å². The molecular weight excluding hydrogens is 190 g/mol. The van der Waals surface area contributed by atoms with Crippen LogP contribution in [-0.2, 0) is 11.3 Å². The summed E-state index contributed by atoms with van der Waals surface area (Å²) >= 11 is 0. The molecule has 1 aromatic carbocycles. The molecule has 2 rings (SSSR count). The zero-order valence-corrected chi connectivity index (χ0v) is 8.78. The lowest BCUT2D eigenvalue weighted by molar-refractivity contribution is 0.0343. The Morgan fingerprint density at radius 3 is 2.60 bits per heavy atom. The molecule has 0 unspecified atom stereocenters. The van der Waals surface area contributed by atoms with Gasteiger partial charge in [-0.3, -0.25) is 4.90 Å². The van der Waals surface area contributed by atoms with Crippen LogP contribution in [0.5, 0.6) is 0 Å².